The van der Waals surface area contributed by atoms with Gasteiger partial charge in [-0.05, 0) is 30.3 Å². The van der Waals surface area contributed by atoms with Crippen LogP contribution in [0.3, 0.4) is 0 Å². The van der Waals surface area contributed by atoms with E-state index in [0.717, 1.165) is 17.5 Å². The SMILES string of the molecule is COC(=O)CN(c1cccc([N+](=O)[O-])c1)S(=O)(=O)c1ccc(Br)cc1. The van der Waals surface area contributed by atoms with Crippen LogP contribution in [0.5, 0.6) is 0 Å². The summed E-state index contributed by atoms with van der Waals surface area (Å²) in [5, 5.41) is 11.0. The number of hydrogen-bond donors (Lipinski definition) is 0. The molecule has 0 unspecified atom stereocenters. The van der Waals surface area contributed by atoms with Gasteiger partial charge in [0, 0.05) is 16.6 Å². The lowest BCUT2D eigenvalue weighted by Gasteiger charge is -2.23. The highest BCUT2D eigenvalue weighted by Crippen LogP contribution is 2.27. The van der Waals surface area contributed by atoms with E-state index in [1.165, 1.54) is 42.5 Å². The van der Waals surface area contributed by atoms with E-state index in [-0.39, 0.29) is 16.3 Å². The molecular formula is C15H13BrN2O6S. The van der Waals surface area contributed by atoms with Crippen molar-refractivity contribution in [1.29, 1.82) is 0 Å². The number of carbonyl (C=O) groups excluding carboxylic acids is 1. The van der Waals surface area contributed by atoms with Crippen molar-refractivity contribution in [2.75, 3.05) is 18.0 Å². The third kappa shape index (κ3) is 4.34. The molecule has 2 aromatic rings. The van der Waals surface area contributed by atoms with E-state index in [1.807, 2.05) is 0 Å². The Morgan fingerprint density at radius 3 is 2.44 bits per heavy atom. The number of carbonyl (C=O) groups is 1. The number of benzene rings is 2. The predicted molar refractivity (Wildman–Crippen MR) is 93.8 cm³/mol. The Bertz CT molecular complexity index is 898. The molecule has 25 heavy (non-hydrogen) atoms. The quantitative estimate of drug-likeness (QED) is 0.397. The second kappa shape index (κ2) is 7.62. The molecule has 132 valence electrons. The van der Waals surface area contributed by atoms with Gasteiger partial charge in [0.05, 0.1) is 22.6 Å². The lowest BCUT2D eigenvalue weighted by Crippen LogP contribution is -2.36. The third-order valence-electron chi connectivity index (χ3n) is 3.23. The molecule has 0 aliphatic rings. The van der Waals surface area contributed by atoms with Gasteiger partial charge >= 0.3 is 5.97 Å². The van der Waals surface area contributed by atoms with Crippen molar-refractivity contribution in [2.24, 2.45) is 0 Å². The van der Waals surface area contributed by atoms with Crippen molar-refractivity contribution < 1.29 is 22.9 Å². The van der Waals surface area contributed by atoms with Crippen molar-refractivity contribution in [3.8, 4) is 0 Å². The Labute approximate surface area is 152 Å². The van der Waals surface area contributed by atoms with Gasteiger partial charge in [-0.25, -0.2) is 8.42 Å². The van der Waals surface area contributed by atoms with E-state index in [2.05, 4.69) is 20.7 Å². The molecule has 0 atom stereocenters. The van der Waals surface area contributed by atoms with Gasteiger partial charge in [-0.2, -0.15) is 0 Å². The summed E-state index contributed by atoms with van der Waals surface area (Å²) in [5.74, 6) is -0.799. The van der Waals surface area contributed by atoms with E-state index < -0.39 is 27.5 Å². The highest BCUT2D eigenvalue weighted by atomic mass is 79.9. The molecule has 8 nitrogen and oxygen atoms in total. The molecule has 0 saturated heterocycles. The Balaban J connectivity index is 2.56. The normalized spacial score (nSPS) is 11.0. The summed E-state index contributed by atoms with van der Waals surface area (Å²) >= 11 is 3.21. The number of halogens is 1. The van der Waals surface area contributed by atoms with Gasteiger partial charge < -0.3 is 4.74 Å². The van der Waals surface area contributed by atoms with Crippen molar-refractivity contribution in [3.05, 3.63) is 63.1 Å². The largest absolute Gasteiger partial charge is 0.468 e. The minimum absolute atomic E-state index is 0.0116. The van der Waals surface area contributed by atoms with Gasteiger partial charge in [0.2, 0.25) is 0 Å². The average Bonchev–Trinajstić information content (AvgIpc) is 2.59. The molecule has 0 aliphatic carbocycles. The molecule has 0 aliphatic heterocycles. The Morgan fingerprint density at radius 2 is 1.88 bits per heavy atom. The zero-order chi connectivity index (χ0) is 18.6. The Kier molecular flexibility index (Phi) is 5.75. The van der Waals surface area contributed by atoms with Crippen molar-refractivity contribution in [1.82, 2.24) is 0 Å². The second-order valence-corrected chi connectivity index (χ2v) is 7.60. The first-order chi connectivity index (χ1) is 11.8. The van der Waals surface area contributed by atoms with Crippen molar-refractivity contribution in [3.63, 3.8) is 0 Å². The Hall–Kier alpha value is -2.46. The standard InChI is InChI=1S/C15H13BrN2O6S/c1-24-15(19)10-17(12-3-2-4-13(9-12)18(20)21)25(22,23)14-7-5-11(16)6-8-14/h2-9H,10H2,1H3. The number of rotatable bonds is 6. The molecule has 0 aromatic heterocycles. The minimum atomic E-state index is -4.13. The van der Waals surface area contributed by atoms with Gasteiger partial charge in [-0.1, -0.05) is 22.0 Å². The maximum absolute atomic E-state index is 12.9. The summed E-state index contributed by atoms with van der Waals surface area (Å²) in [7, 11) is -3.00. The van der Waals surface area contributed by atoms with Crippen LogP contribution in [0.1, 0.15) is 0 Å². The summed E-state index contributed by atoms with van der Waals surface area (Å²) in [6.45, 7) is -0.615. The second-order valence-electron chi connectivity index (χ2n) is 4.82. The van der Waals surface area contributed by atoms with Crippen LogP contribution in [0.25, 0.3) is 0 Å². The van der Waals surface area contributed by atoms with Crippen LogP contribution in [0.4, 0.5) is 11.4 Å². The fourth-order valence-electron chi connectivity index (χ4n) is 1.99. The number of nitro benzene ring substituents is 1. The first-order valence-corrected chi connectivity index (χ1v) is 9.08. The summed E-state index contributed by atoms with van der Waals surface area (Å²) < 4.78 is 31.8. The molecule has 0 bridgehead atoms. The van der Waals surface area contributed by atoms with Crippen LogP contribution in [0.2, 0.25) is 0 Å². The first kappa shape index (κ1) is 18.9. The zero-order valence-electron chi connectivity index (χ0n) is 13.0. The lowest BCUT2D eigenvalue weighted by molar-refractivity contribution is -0.384. The average molecular weight is 429 g/mol. The number of methoxy groups -OCH3 is 1. The number of anilines is 1. The number of nitro groups is 1. The van der Waals surface area contributed by atoms with Crippen LogP contribution in [0.15, 0.2) is 57.9 Å². The van der Waals surface area contributed by atoms with Crippen LogP contribution < -0.4 is 4.31 Å². The number of ether oxygens (including phenoxy) is 1. The highest BCUT2D eigenvalue weighted by molar-refractivity contribution is 9.10. The summed E-state index contributed by atoms with van der Waals surface area (Å²) in [4.78, 5) is 21.9. The number of nitrogens with zero attached hydrogens (tertiary/aromatic N) is 2. The zero-order valence-corrected chi connectivity index (χ0v) is 15.4. The van der Waals surface area contributed by atoms with E-state index in [9.17, 15) is 23.3 Å². The molecule has 2 aromatic carbocycles. The molecule has 0 amide bonds. The van der Waals surface area contributed by atoms with Gasteiger partial charge in [-0.3, -0.25) is 19.2 Å². The first-order valence-electron chi connectivity index (χ1n) is 6.85. The molecule has 10 heteroatoms. The number of sulfonamides is 1. The maximum Gasteiger partial charge on any atom is 0.326 e. The van der Waals surface area contributed by atoms with Gasteiger partial charge in [0.1, 0.15) is 6.54 Å². The molecular weight excluding hydrogens is 416 g/mol. The van der Waals surface area contributed by atoms with Gasteiger partial charge in [-0.15, -0.1) is 0 Å². The monoisotopic (exact) mass is 428 g/mol. The fourth-order valence-corrected chi connectivity index (χ4v) is 3.66. The molecule has 0 saturated carbocycles. The van der Waals surface area contributed by atoms with E-state index in [0.29, 0.717) is 4.47 Å². The van der Waals surface area contributed by atoms with E-state index in [4.69, 9.17) is 0 Å². The minimum Gasteiger partial charge on any atom is -0.468 e. The van der Waals surface area contributed by atoms with Crippen LogP contribution >= 0.6 is 15.9 Å². The molecule has 0 fully saturated rings. The summed E-state index contributed by atoms with van der Waals surface area (Å²) in [6.07, 6.45) is 0. The molecule has 2 rings (SSSR count). The highest BCUT2D eigenvalue weighted by Gasteiger charge is 2.28. The van der Waals surface area contributed by atoms with Crippen LogP contribution in [-0.2, 0) is 19.6 Å². The summed E-state index contributed by atoms with van der Waals surface area (Å²) in [6, 6.07) is 10.8. The maximum atomic E-state index is 12.9. The molecule has 0 N–H and O–H groups in total. The fraction of sp³-hybridized carbons (Fsp3) is 0.133. The van der Waals surface area contributed by atoms with Crippen molar-refractivity contribution >= 4 is 43.3 Å². The van der Waals surface area contributed by atoms with Crippen LogP contribution in [0, 0.1) is 10.1 Å². The van der Waals surface area contributed by atoms with E-state index in [1.54, 1.807) is 0 Å². The van der Waals surface area contributed by atoms with Gasteiger partial charge in [0.15, 0.2) is 0 Å². The number of non-ortho nitro benzene ring substituents is 1. The smallest absolute Gasteiger partial charge is 0.326 e. The number of esters is 1. The van der Waals surface area contributed by atoms with Crippen LogP contribution in [-0.4, -0.2) is 33.0 Å². The topological polar surface area (TPSA) is 107 Å². The molecule has 0 spiro atoms. The number of hydrogen-bond acceptors (Lipinski definition) is 6. The lowest BCUT2D eigenvalue weighted by atomic mass is 10.3. The molecule has 0 heterocycles. The van der Waals surface area contributed by atoms with Gasteiger partial charge in [0.25, 0.3) is 15.7 Å². The molecule has 0 radical (unpaired) electrons. The van der Waals surface area contributed by atoms with Crippen molar-refractivity contribution in [2.45, 2.75) is 4.90 Å². The summed E-state index contributed by atoms with van der Waals surface area (Å²) in [5.41, 5.74) is -0.305. The predicted octanol–water partition coefficient (Wildman–Crippen LogP) is 2.73. The van der Waals surface area contributed by atoms with E-state index >= 15 is 0 Å². The Morgan fingerprint density at radius 1 is 1.24 bits per heavy atom. The third-order valence-corrected chi connectivity index (χ3v) is 5.55.